The number of hydrogen-bond acceptors (Lipinski definition) is 7. The maximum Gasteiger partial charge on any atom is 0.674 e. The minimum atomic E-state index is -2.67. The van der Waals surface area contributed by atoms with E-state index in [4.69, 9.17) is 35.4 Å². The van der Waals surface area contributed by atoms with Crippen LogP contribution in [-0.4, -0.2) is 56.9 Å². The molecule has 0 bridgehead atoms. The zero-order valence-electron chi connectivity index (χ0n) is 9.25. The quantitative estimate of drug-likeness (QED) is 0.290. The van der Waals surface area contributed by atoms with Crippen molar-refractivity contribution in [1.82, 2.24) is 4.57 Å². The maximum atomic E-state index is 10.1. The summed E-state index contributed by atoms with van der Waals surface area (Å²) in [4.78, 5) is 0. The largest absolute Gasteiger partial charge is 0.674 e. The summed E-state index contributed by atoms with van der Waals surface area (Å²) < 4.78 is 31.8. The van der Waals surface area contributed by atoms with E-state index < -0.39 is 22.2 Å². The van der Waals surface area contributed by atoms with Crippen molar-refractivity contribution in [3.8, 4) is 6.19 Å². The van der Waals surface area contributed by atoms with Crippen molar-refractivity contribution in [3.63, 3.8) is 0 Å². The molecule has 0 aromatic carbocycles. The highest BCUT2D eigenvalue weighted by Gasteiger charge is 1.98. The van der Waals surface area contributed by atoms with Gasteiger partial charge in [0.15, 0.2) is 6.19 Å². The Kier molecular flexibility index (Phi) is 19.7. The van der Waals surface area contributed by atoms with Gasteiger partial charge in [-0.1, -0.05) is 0 Å². The monoisotopic (exact) mass is 284 g/mol. The van der Waals surface area contributed by atoms with E-state index in [9.17, 15) is 12.9 Å². The van der Waals surface area contributed by atoms with Crippen LogP contribution in [0.4, 0.5) is 12.9 Å². The van der Waals surface area contributed by atoms with Crippen LogP contribution in [0.25, 0.3) is 0 Å². The zero-order chi connectivity index (χ0) is 15.8. The Balaban J connectivity index is -0.000000189. The first-order valence-electron chi connectivity index (χ1n) is 4.17. The number of hydrogen-bond donors (Lipinski definition) is 6. The molecule has 0 aliphatic rings. The van der Waals surface area contributed by atoms with Crippen molar-refractivity contribution in [1.29, 1.82) is 5.26 Å². The van der Waals surface area contributed by atoms with Crippen molar-refractivity contribution in [3.05, 3.63) is 24.5 Å². The molecule has 6 N–H and O–H groups in total. The first-order valence-corrected chi connectivity index (χ1v) is 4.17. The third-order valence-corrected chi connectivity index (χ3v) is 0.720. The molecule has 19 heavy (non-hydrogen) atoms. The molecule has 0 amide bonds. The summed E-state index contributed by atoms with van der Waals surface area (Å²) in [7, 11) is -8.00. The Hall–Kier alpha value is -1.49. The van der Waals surface area contributed by atoms with Crippen LogP contribution in [0.15, 0.2) is 24.5 Å². The first kappa shape index (κ1) is 22.7. The zero-order valence-corrected chi connectivity index (χ0v) is 9.25. The molecule has 1 aromatic heterocycles. The van der Waals surface area contributed by atoms with Crippen LogP contribution in [0.3, 0.4) is 0 Å². The van der Waals surface area contributed by atoms with Crippen molar-refractivity contribution < 1.29 is 43.1 Å². The highest BCUT2D eigenvalue weighted by Crippen LogP contribution is 1.82. The summed E-state index contributed by atoms with van der Waals surface area (Å²) in [5.74, 6) is 0. The van der Waals surface area contributed by atoms with Crippen LogP contribution >= 0.6 is 0 Å². The van der Waals surface area contributed by atoms with Crippen molar-refractivity contribution >= 4 is 22.2 Å². The van der Waals surface area contributed by atoms with Crippen LogP contribution in [0, 0.1) is 11.5 Å². The van der Waals surface area contributed by atoms with Gasteiger partial charge < -0.3 is 30.1 Å². The molecule has 106 valence electrons. The van der Waals surface area contributed by atoms with Gasteiger partial charge in [-0.25, -0.2) is 0 Å². The molecular formula is C5H10B3F3N2O6. The molecule has 0 spiro atoms. The summed E-state index contributed by atoms with van der Waals surface area (Å²) in [6.45, 7) is 0. The number of rotatable bonds is 0. The second-order valence-electron chi connectivity index (χ2n) is 2.12. The lowest BCUT2D eigenvalue weighted by Gasteiger charge is -1.74. The lowest BCUT2D eigenvalue weighted by atomic mass is 10.3. The van der Waals surface area contributed by atoms with Gasteiger partial charge in [-0.05, 0) is 12.1 Å². The Labute approximate surface area is 107 Å². The van der Waals surface area contributed by atoms with E-state index in [2.05, 4.69) is 0 Å². The fraction of sp³-hybridized carbons (Fsp3) is 0. The summed E-state index contributed by atoms with van der Waals surface area (Å²) >= 11 is 0. The summed E-state index contributed by atoms with van der Waals surface area (Å²) in [6, 6.07) is 3.62. The molecule has 1 rings (SSSR count). The third kappa shape index (κ3) is 61.6. The lowest BCUT2D eigenvalue weighted by Crippen LogP contribution is -1.98. The van der Waals surface area contributed by atoms with E-state index >= 15 is 0 Å². The lowest BCUT2D eigenvalue weighted by molar-refractivity contribution is 0.338. The second kappa shape index (κ2) is 16.5. The summed E-state index contributed by atoms with van der Waals surface area (Å²) in [6.07, 6.45) is 5.31. The SMILES string of the molecule is N#Cn1cccc1.OB(O)F.OB(O)F.OB(O)F. The highest BCUT2D eigenvalue weighted by atomic mass is 19.1. The first-order chi connectivity index (χ1) is 8.63. The van der Waals surface area contributed by atoms with Gasteiger partial charge in [-0.15, -0.1) is 0 Å². The minimum Gasteiger partial charge on any atom is -0.398 e. The Morgan fingerprint density at radius 3 is 1.11 bits per heavy atom. The van der Waals surface area contributed by atoms with Crippen LogP contribution in [0.5, 0.6) is 0 Å². The molecule has 0 saturated carbocycles. The van der Waals surface area contributed by atoms with E-state index in [0.29, 0.717) is 0 Å². The molecule has 0 atom stereocenters. The second-order valence-corrected chi connectivity index (χ2v) is 2.12. The summed E-state index contributed by atoms with van der Waals surface area (Å²) in [5.41, 5.74) is 0. The van der Waals surface area contributed by atoms with Crippen LogP contribution in [0.1, 0.15) is 0 Å². The number of nitrogens with zero attached hydrogens (tertiary/aromatic N) is 2. The Morgan fingerprint density at radius 2 is 1.00 bits per heavy atom. The van der Waals surface area contributed by atoms with Crippen LogP contribution in [-0.2, 0) is 0 Å². The molecule has 14 heteroatoms. The normalized spacial score (nSPS) is 7.16. The molecule has 1 heterocycles. The topological polar surface area (TPSA) is 150 Å². The van der Waals surface area contributed by atoms with Gasteiger partial charge in [0.25, 0.3) is 0 Å². The van der Waals surface area contributed by atoms with Gasteiger partial charge in [0, 0.05) is 12.4 Å². The molecule has 0 saturated heterocycles. The van der Waals surface area contributed by atoms with Crippen LogP contribution < -0.4 is 0 Å². The Morgan fingerprint density at radius 1 is 0.789 bits per heavy atom. The van der Waals surface area contributed by atoms with Gasteiger partial charge in [0.2, 0.25) is 0 Å². The summed E-state index contributed by atoms with van der Waals surface area (Å²) in [5, 5.41) is 49.8. The molecule has 0 fully saturated rings. The predicted molar refractivity (Wildman–Crippen MR) is 59.3 cm³/mol. The van der Waals surface area contributed by atoms with Crippen molar-refractivity contribution in [2.45, 2.75) is 0 Å². The standard InChI is InChI=1S/C5H4N2.3BFH2O2/c6-5-7-3-1-2-4-7;3*2-1(3)4/h1-4H;3*3-4H. The van der Waals surface area contributed by atoms with Gasteiger partial charge in [0.05, 0.1) is 0 Å². The minimum absolute atomic E-state index is 1.43. The highest BCUT2D eigenvalue weighted by molar-refractivity contribution is 6.32. The molecule has 8 nitrogen and oxygen atoms in total. The fourth-order valence-electron chi connectivity index (χ4n) is 0.401. The molecule has 0 unspecified atom stereocenters. The van der Waals surface area contributed by atoms with Crippen molar-refractivity contribution in [2.75, 3.05) is 0 Å². The third-order valence-electron chi connectivity index (χ3n) is 0.720. The molecule has 0 aliphatic heterocycles. The van der Waals surface area contributed by atoms with E-state index in [1.165, 1.54) is 4.57 Å². The number of halogens is 3. The van der Waals surface area contributed by atoms with E-state index in [-0.39, 0.29) is 0 Å². The van der Waals surface area contributed by atoms with E-state index in [1.54, 1.807) is 12.4 Å². The molecular weight excluding hydrogens is 273 g/mol. The van der Waals surface area contributed by atoms with Gasteiger partial charge in [0.1, 0.15) is 0 Å². The van der Waals surface area contributed by atoms with Crippen molar-refractivity contribution in [2.24, 2.45) is 0 Å². The Bertz CT molecular complexity index is 287. The van der Waals surface area contributed by atoms with Gasteiger partial charge in [-0.3, -0.25) is 17.5 Å². The van der Waals surface area contributed by atoms with E-state index in [0.717, 1.165) is 0 Å². The van der Waals surface area contributed by atoms with Gasteiger partial charge >= 0.3 is 22.2 Å². The molecule has 0 aliphatic carbocycles. The maximum absolute atomic E-state index is 10.1. The van der Waals surface area contributed by atoms with Gasteiger partial charge in [-0.2, -0.15) is 5.26 Å². The van der Waals surface area contributed by atoms with E-state index in [1.807, 2.05) is 18.3 Å². The average Bonchev–Trinajstić information content (AvgIpc) is 2.66. The molecule has 1 aromatic rings. The predicted octanol–water partition coefficient (Wildman–Crippen LogP) is -2.41. The number of aromatic nitrogens is 1. The smallest absolute Gasteiger partial charge is 0.398 e. The van der Waals surface area contributed by atoms with Crippen LogP contribution in [0.2, 0.25) is 0 Å². The average molecular weight is 284 g/mol. The molecule has 0 radical (unpaired) electrons. The fourth-order valence-corrected chi connectivity index (χ4v) is 0.401. The number of nitriles is 1.